The minimum atomic E-state index is -0.380. The lowest BCUT2D eigenvalue weighted by atomic mass is 10.1. The molecule has 4 nitrogen and oxygen atoms in total. The number of aromatic nitrogens is 2. The molecule has 0 aliphatic rings. The van der Waals surface area contributed by atoms with Crippen LogP contribution in [0.25, 0.3) is 11.0 Å². The normalized spacial score (nSPS) is 13.1. The summed E-state index contributed by atoms with van der Waals surface area (Å²) in [6.45, 7) is 0. The van der Waals surface area contributed by atoms with E-state index in [1.54, 1.807) is 12.4 Å². The molecule has 18 heavy (non-hydrogen) atoms. The summed E-state index contributed by atoms with van der Waals surface area (Å²) < 4.78 is 7.57. The zero-order valence-corrected chi connectivity index (χ0v) is 10.6. The van der Waals surface area contributed by atoms with Gasteiger partial charge >= 0.3 is 0 Å². The summed E-state index contributed by atoms with van der Waals surface area (Å²) in [6, 6.07) is 7.15. The van der Waals surface area contributed by atoms with Gasteiger partial charge in [0.15, 0.2) is 5.58 Å². The number of furan rings is 1. The van der Waals surface area contributed by atoms with Crippen molar-refractivity contribution in [2.24, 2.45) is 12.8 Å². The molecule has 3 aromatic rings. The highest BCUT2D eigenvalue weighted by molar-refractivity contribution is 6.34. The van der Waals surface area contributed by atoms with Crippen LogP contribution in [0.1, 0.15) is 17.5 Å². The number of para-hydroxylation sites is 1. The van der Waals surface area contributed by atoms with Crippen molar-refractivity contribution >= 4 is 22.6 Å². The monoisotopic (exact) mass is 261 g/mol. The molecule has 0 aliphatic heterocycles. The van der Waals surface area contributed by atoms with Crippen LogP contribution in [-0.2, 0) is 7.05 Å². The van der Waals surface area contributed by atoms with E-state index in [1.165, 1.54) is 0 Å². The maximum absolute atomic E-state index is 6.13. The van der Waals surface area contributed by atoms with Crippen molar-refractivity contribution in [1.82, 2.24) is 9.55 Å². The number of benzene rings is 1. The van der Waals surface area contributed by atoms with Crippen LogP contribution < -0.4 is 5.73 Å². The number of rotatable bonds is 2. The Morgan fingerprint density at radius 3 is 2.94 bits per heavy atom. The highest BCUT2D eigenvalue weighted by Crippen LogP contribution is 2.30. The molecule has 0 saturated carbocycles. The van der Waals surface area contributed by atoms with Crippen molar-refractivity contribution < 1.29 is 4.42 Å². The summed E-state index contributed by atoms with van der Waals surface area (Å²) in [5, 5.41) is 1.54. The Morgan fingerprint density at radius 1 is 1.44 bits per heavy atom. The summed E-state index contributed by atoms with van der Waals surface area (Å²) in [5.74, 6) is 0.664. The second-order valence-electron chi connectivity index (χ2n) is 4.25. The largest absolute Gasteiger partial charge is 0.457 e. The predicted molar refractivity (Wildman–Crippen MR) is 70.5 cm³/mol. The fourth-order valence-electron chi connectivity index (χ4n) is 1.94. The van der Waals surface area contributed by atoms with Gasteiger partial charge in [0.05, 0.1) is 17.0 Å². The summed E-state index contributed by atoms with van der Waals surface area (Å²) in [4.78, 5) is 4.23. The molecule has 0 amide bonds. The molecule has 0 bridgehead atoms. The first-order chi connectivity index (χ1) is 8.65. The molecular formula is C13H12ClN3O. The summed E-state index contributed by atoms with van der Waals surface area (Å²) >= 11 is 6.07. The van der Waals surface area contributed by atoms with E-state index in [0.29, 0.717) is 16.4 Å². The van der Waals surface area contributed by atoms with E-state index in [4.69, 9.17) is 21.8 Å². The standard InChI is InChI=1S/C13H12ClN3O/c1-17-6-10(16-7-17)12(15)11-5-8-3-2-4-9(14)13(8)18-11/h2-7,12H,15H2,1H3. The number of fused-ring (bicyclic) bond motifs is 1. The Bertz CT molecular complexity index is 701. The van der Waals surface area contributed by atoms with Gasteiger partial charge in [0.1, 0.15) is 11.8 Å². The van der Waals surface area contributed by atoms with E-state index in [2.05, 4.69) is 4.98 Å². The molecule has 0 aliphatic carbocycles. The third-order valence-electron chi connectivity index (χ3n) is 2.87. The van der Waals surface area contributed by atoms with E-state index >= 15 is 0 Å². The number of hydrogen-bond donors (Lipinski definition) is 1. The third kappa shape index (κ3) is 1.79. The Morgan fingerprint density at radius 2 is 2.28 bits per heavy atom. The average molecular weight is 262 g/mol. The number of nitrogens with two attached hydrogens (primary N) is 1. The summed E-state index contributed by atoms with van der Waals surface area (Å²) in [5.41, 5.74) is 7.57. The Balaban J connectivity index is 2.06. The van der Waals surface area contributed by atoms with Gasteiger partial charge in [-0.25, -0.2) is 4.98 Å². The fraction of sp³-hybridized carbons (Fsp3) is 0.154. The highest BCUT2D eigenvalue weighted by Gasteiger charge is 2.17. The van der Waals surface area contributed by atoms with Crippen molar-refractivity contribution in [3.8, 4) is 0 Å². The zero-order chi connectivity index (χ0) is 12.7. The maximum atomic E-state index is 6.13. The van der Waals surface area contributed by atoms with Crippen LogP contribution in [0, 0.1) is 0 Å². The molecule has 0 fully saturated rings. The molecule has 3 rings (SSSR count). The van der Waals surface area contributed by atoms with E-state index in [9.17, 15) is 0 Å². The summed E-state index contributed by atoms with van der Waals surface area (Å²) in [6.07, 6.45) is 3.59. The van der Waals surface area contributed by atoms with Crippen molar-refractivity contribution in [2.75, 3.05) is 0 Å². The maximum Gasteiger partial charge on any atom is 0.152 e. The van der Waals surface area contributed by atoms with Crippen molar-refractivity contribution in [1.29, 1.82) is 0 Å². The number of aryl methyl sites for hydroxylation is 1. The second kappa shape index (κ2) is 4.15. The first-order valence-electron chi connectivity index (χ1n) is 5.56. The van der Waals surface area contributed by atoms with Gasteiger partial charge in [0.25, 0.3) is 0 Å². The van der Waals surface area contributed by atoms with Crippen molar-refractivity contribution in [3.63, 3.8) is 0 Å². The van der Waals surface area contributed by atoms with Crippen LogP contribution in [0.2, 0.25) is 5.02 Å². The lowest BCUT2D eigenvalue weighted by molar-refractivity contribution is 0.521. The average Bonchev–Trinajstić information content (AvgIpc) is 2.95. The molecular weight excluding hydrogens is 250 g/mol. The minimum Gasteiger partial charge on any atom is -0.457 e. The van der Waals surface area contributed by atoms with E-state index in [-0.39, 0.29) is 6.04 Å². The Hall–Kier alpha value is -1.78. The van der Waals surface area contributed by atoms with E-state index < -0.39 is 0 Å². The van der Waals surface area contributed by atoms with Crippen LogP contribution >= 0.6 is 11.6 Å². The van der Waals surface area contributed by atoms with Crippen LogP contribution in [-0.4, -0.2) is 9.55 Å². The lowest BCUT2D eigenvalue weighted by Gasteiger charge is -2.03. The molecule has 1 aromatic carbocycles. The molecule has 0 saturated heterocycles. The van der Waals surface area contributed by atoms with Gasteiger partial charge < -0.3 is 14.7 Å². The molecule has 1 unspecified atom stereocenters. The van der Waals surface area contributed by atoms with Crippen molar-refractivity contribution in [2.45, 2.75) is 6.04 Å². The zero-order valence-electron chi connectivity index (χ0n) is 9.80. The van der Waals surface area contributed by atoms with Gasteiger partial charge in [0.2, 0.25) is 0 Å². The van der Waals surface area contributed by atoms with Gasteiger partial charge in [-0.2, -0.15) is 0 Å². The topological polar surface area (TPSA) is 57.0 Å². The molecule has 2 heterocycles. The van der Waals surface area contributed by atoms with Gasteiger partial charge in [-0.05, 0) is 12.1 Å². The number of nitrogens with zero attached hydrogens (tertiary/aromatic N) is 2. The minimum absolute atomic E-state index is 0.380. The lowest BCUT2D eigenvalue weighted by Crippen LogP contribution is -2.11. The number of hydrogen-bond acceptors (Lipinski definition) is 3. The molecule has 0 radical (unpaired) electrons. The smallest absolute Gasteiger partial charge is 0.152 e. The molecule has 2 N–H and O–H groups in total. The predicted octanol–water partition coefficient (Wildman–Crippen LogP) is 2.87. The highest BCUT2D eigenvalue weighted by atomic mass is 35.5. The molecule has 5 heteroatoms. The van der Waals surface area contributed by atoms with E-state index in [1.807, 2.05) is 36.0 Å². The number of halogens is 1. The Kier molecular flexibility index (Phi) is 2.61. The van der Waals surface area contributed by atoms with Crippen LogP contribution in [0.5, 0.6) is 0 Å². The molecule has 2 aromatic heterocycles. The van der Waals surface area contributed by atoms with Crippen molar-refractivity contribution in [3.05, 3.63) is 53.3 Å². The first kappa shape index (κ1) is 11.3. The van der Waals surface area contributed by atoms with Crippen LogP contribution in [0.3, 0.4) is 0 Å². The van der Waals surface area contributed by atoms with E-state index in [0.717, 1.165) is 11.1 Å². The van der Waals surface area contributed by atoms with Crippen LogP contribution in [0.4, 0.5) is 0 Å². The van der Waals surface area contributed by atoms with Gasteiger partial charge in [0, 0.05) is 18.6 Å². The molecule has 92 valence electrons. The second-order valence-corrected chi connectivity index (χ2v) is 4.66. The quantitative estimate of drug-likeness (QED) is 0.772. The van der Waals surface area contributed by atoms with Gasteiger partial charge in [-0.3, -0.25) is 0 Å². The van der Waals surface area contributed by atoms with Crippen LogP contribution in [0.15, 0.2) is 41.2 Å². The van der Waals surface area contributed by atoms with Gasteiger partial charge in [-0.1, -0.05) is 23.7 Å². The Labute approximate surface area is 109 Å². The molecule has 0 spiro atoms. The SMILES string of the molecule is Cn1cnc(C(N)c2cc3cccc(Cl)c3o2)c1. The third-order valence-corrected chi connectivity index (χ3v) is 3.16. The summed E-state index contributed by atoms with van der Waals surface area (Å²) in [7, 11) is 1.90. The van der Waals surface area contributed by atoms with Gasteiger partial charge in [-0.15, -0.1) is 0 Å². The number of imidazole rings is 1. The molecule has 1 atom stereocenters. The first-order valence-corrected chi connectivity index (χ1v) is 5.94. The fourth-order valence-corrected chi connectivity index (χ4v) is 2.16.